The van der Waals surface area contributed by atoms with Crippen LogP contribution in [0.4, 0.5) is 17.2 Å². The van der Waals surface area contributed by atoms with Gasteiger partial charge in [-0.2, -0.15) is 0 Å². The summed E-state index contributed by atoms with van der Waals surface area (Å²) in [6.07, 6.45) is 3.84. The van der Waals surface area contributed by atoms with E-state index in [1.807, 2.05) is 6.92 Å². The van der Waals surface area contributed by atoms with Gasteiger partial charge in [0.25, 0.3) is 5.69 Å². The molecular weight excluding hydrogens is 380 g/mol. The molecule has 8 nitrogen and oxygen atoms in total. The Bertz CT molecular complexity index is 991. The minimum Gasteiger partial charge on any atom is -0.380 e. The first-order valence-corrected chi connectivity index (χ1v) is 10.3. The lowest BCUT2D eigenvalue weighted by molar-refractivity contribution is -0.383. The average Bonchev–Trinajstić information content (AvgIpc) is 2.75. The molecule has 0 aliphatic carbocycles. The molecule has 2 aromatic carbocycles. The van der Waals surface area contributed by atoms with Crippen molar-refractivity contribution in [1.82, 2.24) is 15.3 Å². The average molecular weight is 409 g/mol. The lowest BCUT2D eigenvalue weighted by Crippen LogP contribution is -2.14. The van der Waals surface area contributed by atoms with Gasteiger partial charge in [-0.25, -0.2) is 9.97 Å². The second kappa shape index (κ2) is 10.5. The lowest BCUT2D eigenvalue weighted by atomic mass is 10.1. The van der Waals surface area contributed by atoms with Crippen molar-refractivity contribution in [3.8, 4) is 0 Å². The van der Waals surface area contributed by atoms with Crippen molar-refractivity contribution in [2.75, 3.05) is 23.7 Å². The molecule has 0 aliphatic rings. The van der Waals surface area contributed by atoms with Gasteiger partial charge in [0.1, 0.15) is 17.8 Å². The van der Waals surface area contributed by atoms with Gasteiger partial charge in [0, 0.05) is 31.1 Å². The highest BCUT2D eigenvalue weighted by Crippen LogP contribution is 2.32. The van der Waals surface area contributed by atoms with E-state index in [1.165, 1.54) is 30.8 Å². The predicted molar refractivity (Wildman–Crippen MR) is 121 cm³/mol. The van der Waals surface area contributed by atoms with E-state index in [2.05, 4.69) is 57.1 Å². The molecule has 3 rings (SSSR count). The number of nitro groups is 1. The molecule has 1 heterocycles. The van der Waals surface area contributed by atoms with Gasteiger partial charge in [-0.3, -0.25) is 10.1 Å². The monoisotopic (exact) mass is 408 g/mol. The van der Waals surface area contributed by atoms with Crippen LogP contribution in [-0.2, 0) is 13.1 Å². The molecule has 3 N–H and O–H groups in total. The predicted octanol–water partition coefficient (Wildman–Crippen LogP) is 4.47. The number of nitrogens with one attached hydrogen (secondary N) is 3. The zero-order chi connectivity index (χ0) is 21.3. The fourth-order valence-corrected chi connectivity index (χ4v) is 3.21. The largest absolute Gasteiger partial charge is 0.380 e. The molecule has 30 heavy (non-hydrogen) atoms. The highest BCUT2D eigenvalue weighted by atomic mass is 16.6. The van der Waals surface area contributed by atoms with Crippen LogP contribution >= 0.6 is 0 Å². The van der Waals surface area contributed by atoms with Crippen LogP contribution in [0.3, 0.4) is 0 Å². The molecule has 0 saturated carbocycles. The van der Waals surface area contributed by atoms with Crippen molar-refractivity contribution in [3.05, 3.63) is 64.0 Å². The number of fused-ring (bicyclic) bond motifs is 1. The van der Waals surface area contributed by atoms with Crippen LogP contribution in [0.25, 0.3) is 10.9 Å². The fraction of sp³-hybridized carbons (Fsp3) is 0.364. The summed E-state index contributed by atoms with van der Waals surface area (Å²) in [6, 6.07) is 11.6. The molecule has 8 heteroatoms. The van der Waals surface area contributed by atoms with Gasteiger partial charge in [-0.05, 0) is 37.1 Å². The van der Waals surface area contributed by atoms with Gasteiger partial charge in [0.15, 0.2) is 0 Å². The third-order valence-electron chi connectivity index (χ3n) is 4.84. The Balaban J connectivity index is 1.72. The number of hydrogen-bond acceptors (Lipinski definition) is 7. The smallest absolute Gasteiger partial charge is 0.293 e. The summed E-state index contributed by atoms with van der Waals surface area (Å²) in [5.74, 6) is 0.580. The zero-order valence-corrected chi connectivity index (χ0v) is 17.4. The molecule has 0 aliphatic heterocycles. The van der Waals surface area contributed by atoms with Crippen LogP contribution in [0.5, 0.6) is 0 Å². The number of nitro benzene ring substituents is 1. The van der Waals surface area contributed by atoms with Gasteiger partial charge in [0.05, 0.1) is 10.4 Å². The van der Waals surface area contributed by atoms with Gasteiger partial charge in [-0.15, -0.1) is 0 Å². The Morgan fingerprint density at radius 1 is 1.00 bits per heavy atom. The molecular formula is C22H28N6O2. The van der Waals surface area contributed by atoms with E-state index in [-0.39, 0.29) is 10.6 Å². The van der Waals surface area contributed by atoms with Crippen LogP contribution < -0.4 is 16.0 Å². The normalized spacial score (nSPS) is 10.9. The number of unbranched alkanes of at least 4 members (excludes halogenated alkanes) is 1. The summed E-state index contributed by atoms with van der Waals surface area (Å²) in [6.45, 7) is 7.13. The summed E-state index contributed by atoms with van der Waals surface area (Å²) in [5, 5.41) is 21.9. The van der Waals surface area contributed by atoms with Gasteiger partial charge in [0.2, 0.25) is 0 Å². The van der Waals surface area contributed by atoms with Crippen molar-refractivity contribution in [2.45, 2.75) is 39.8 Å². The Labute approximate surface area is 176 Å². The Morgan fingerprint density at radius 2 is 1.73 bits per heavy atom. The molecule has 0 radical (unpaired) electrons. The summed E-state index contributed by atoms with van der Waals surface area (Å²) in [4.78, 5) is 19.7. The molecule has 0 fully saturated rings. The topological polar surface area (TPSA) is 105 Å². The van der Waals surface area contributed by atoms with E-state index >= 15 is 0 Å². The van der Waals surface area contributed by atoms with Crippen molar-refractivity contribution >= 4 is 28.1 Å². The van der Waals surface area contributed by atoms with Crippen molar-refractivity contribution < 1.29 is 4.92 Å². The molecule has 0 atom stereocenters. The van der Waals surface area contributed by atoms with Crippen LogP contribution in [0.1, 0.15) is 37.8 Å². The molecule has 1 aromatic heterocycles. The third kappa shape index (κ3) is 5.42. The summed E-state index contributed by atoms with van der Waals surface area (Å²) < 4.78 is 0. The van der Waals surface area contributed by atoms with E-state index in [0.29, 0.717) is 35.5 Å². The summed E-state index contributed by atoms with van der Waals surface area (Å²) >= 11 is 0. The number of nitrogens with zero attached hydrogens (tertiary/aromatic N) is 3. The molecule has 0 saturated heterocycles. The number of anilines is 2. The highest BCUT2D eigenvalue weighted by Gasteiger charge is 2.17. The Kier molecular flexibility index (Phi) is 7.51. The van der Waals surface area contributed by atoms with Gasteiger partial charge < -0.3 is 16.0 Å². The van der Waals surface area contributed by atoms with Gasteiger partial charge >= 0.3 is 0 Å². The SMILES string of the molecule is CCCCNCc1ccc(CNc2ncnc3cc(NCC)c([N+](=O)[O-])cc23)cc1. The molecule has 158 valence electrons. The maximum Gasteiger partial charge on any atom is 0.293 e. The lowest BCUT2D eigenvalue weighted by Gasteiger charge is -2.11. The van der Waals surface area contributed by atoms with Crippen LogP contribution in [0.2, 0.25) is 0 Å². The van der Waals surface area contributed by atoms with Gasteiger partial charge in [-0.1, -0.05) is 37.6 Å². The number of benzene rings is 2. The van der Waals surface area contributed by atoms with Crippen LogP contribution in [0.15, 0.2) is 42.7 Å². The maximum atomic E-state index is 11.5. The van der Waals surface area contributed by atoms with Crippen molar-refractivity contribution in [1.29, 1.82) is 0 Å². The number of aromatic nitrogens is 2. The van der Waals surface area contributed by atoms with E-state index in [9.17, 15) is 10.1 Å². The Morgan fingerprint density at radius 3 is 2.40 bits per heavy atom. The number of rotatable bonds is 11. The summed E-state index contributed by atoms with van der Waals surface area (Å²) in [5.41, 5.74) is 3.49. The second-order valence-corrected chi connectivity index (χ2v) is 7.10. The first-order chi connectivity index (χ1) is 14.6. The van der Waals surface area contributed by atoms with Crippen molar-refractivity contribution in [3.63, 3.8) is 0 Å². The second-order valence-electron chi connectivity index (χ2n) is 7.10. The van der Waals surface area contributed by atoms with Crippen LogP contribution in [-0.4, -0.2) is 28.0 Å². The molecule has 0 unspecified atom stereocenters. The molecule has 0 spiro atoms. The molecule has 3 aromatic rings. The first kappa shape index (κ1) is 21.4. The fourth-order valence-electron chi connectivity index (χ4n) is 3.21. The standard InChI is InChI=1S/C22H28N6O2/c1-3-5-10-23-13-16-6-8-17(9-7-16)14-25-22-18-11-21(28(29)30)20(24-4-2)12-19(18)26-15-27-22/h6-9,11-12,15,23-24H,3-5,10,13-14H2,1-2H3,(H,25,26,27). The van der Waals surface area contributed by atoms with E-state index in [0.717, 1.165) is 18.7 Å². The Hall–Kier alpha value is -3.26. The maximum absolute atomic E-state index is 11.5. The minimum atomic E-state index is -0.387. The van der Waals surface area contributed by atoms with E-state index in [4.69, 9.17) is 0 Å². The summed E-state index contributed by atoms with van der Waals surface area (Å²) in [7, 11) is 0. The van der Waals surface area contributed by atoms with Crippen LogP contribution in [0, 0.1) is 10.1 Å². The minimum absolute atomic E-state index is 0.0159. The highest BCUT2D eigenvalue weighted by molar-refractivity contribution is 5.94. The zero-order valence-electron chi connectivity index (χ0n) is 17.4. The van der Waals surface area contributed by atoms with Crippen molar-refractivity contribution in [2.24, 2.45) is 0 Å². The first-order valence-electron chi connectivity index (χ1n) is 10.3. The quantitative estimate of drug-likeness (QED) is 0.244. The molecule has 0 amide bonds. The van der Waals surface area contributed by atoms with E-state index < -0.39 is 0 Å². The molecule has 0 bridgehead atoms. The number of hydrogen-bond donors (Lipinski definition) is 3. The van der Waals surface area contributed by atoms with E-state index in [1.54, 1.807) is 6.07 Å². The third-order valence-corrected chi connectivity index (χ3v) is 4.84.